The van der Waals surface area contributed by atoms with E-state index in [1.165, 1.54) is 0 Å². The maximum atomic E-state index is 11.9. The molecule has 3 heteroatoms. The minimum Gasteiger partial charge on any atom is -0.493 e. The van der Waals surface area contributed by atoms with Gasteiger partial charge in [-0.2, -0.15) is 0 Å². The van der Waals surface area contributed by atoms with Crippen molar-refractivity contribution >= 4 is 0 Å². The van der Waals surface area contributed by atoms with Crippen LogP contribution in [0.3, 0.4) is 0 Å². The Kier molecular flexibility index (Phi) is 4.56. The Morgan fingerprint density at radius 2 is 2.20 bits per heavy atom. The fourth-order valence-electron chi connectivity index (χ4n) is 1.35. The van der Waals surface area contributed by atoms with Gasteiger partial charge in [0.2, 0.25) is 0 Å². The summed E-state index contributed by atoms with van der Waals surface area (Å²) in [5.74, 6) is 0.813. The fourth-order valence-corrected chi connectivity index (χ4v) is 1.35. The zero-order chi connectivity index (χ0) is 11.3. The van der Waals surface area contributed by atoms with E-state index in [4.69, 9.17) is 10.5 Å². The number of benzene rings is 1. The summed E-state index contributed by atoms with van der Waals surface area (Å²) < 4.78 is 17.3. The molecule has 0 amide bonds. The van der Waals surface area contributed by atoms with Gasteiger partial charge in [-0.1, -0.05) is 12.1 Å². The molecule has 0 spiro atoms. The Morgan fingerprint density at radius 1 is 1.47 bits per heavy atom. The molecule has 1 aromatic rings. The van der Waals surface area contributed by atoms with Gasteiger partial charge in [0.1, 0.15) is 5.75 Å². The Bertz CT molecular complexity index is 312. The molecule has 1 atom stereocenters. The first-order chi connectivity index (χ1) is 7.15. The van der Waals surface area contributed by atoms with Crippen LogP contribution in [0.25, 0.3) is 0 Å². The maximum absolute atomic E-state index is 11.9. The second kappa shape index (κ2) is 5.71. The molecule has 0 fully saturated rings. The highest BCUT2D eigenvalue weighted by molar-refractivity contribution is 5.37. The lowest BCUT2D eigenvalue weighted by Crippen LogP contribution is -2.06. The van der Waals surface area contributed by atoms with Gasteiger partial charge in [0.15, 0.2) is 0 Å². The molecule has 0 heterocycles. The van der Waals surface area contributed by atoms with Crippen LogP contribution in [0, 0.1) is 6.92 Å². The van der Waals surface area contributed by atoms with E-state index in [0.29, 0.717) is 13.0 Å². The van der Waals surface area contributed by atoms with Crippen LogP contribution in [0.4, 0.5) is 4.39 Å². The maximum Gasteiger partial charge on any atom is 0.122 e. The number of ether oxygens (including phenoxy) is 1. The molecule has 0 bridgehead atoms. The first kappa shape index (κ1) is 12.0. The smallest absolute Gasteiger partial charge is 0.122 e. The Labute approximate surface area is 90.2 Å². The summed E-state index contributed by atoms with van der Waals surface area (Å²) >= 11 is 0. The van der Waals surface area contributed by atoms with E-state index in [1.54, 1.807) is 0 Å². The van der Waals surface area contributed by atoms with Crippen LogP contribution in [0.15, 0.2) is 18.2 Å². The van der Waals surface area contributed by atoms with Crippen LogP contribution in [-0.2, 0) is 0 Å². The first-order valence-electron chi connectivity index (χ1n) is 5.20. The molecule has 15 heavy (non-hydrogen) atoms. The van der Waals surface area contributed by atoms with Crippen molar-refractivity contribution in [2.75, 3.05) is 13.3 Å². The predicted molar refractivity (Wildman–Crippen MR) is 59.9 cm³/mol. The van der Waals surface area contributed by atoms with Gasteiger partial charge in [0, 0.05) is 12.5 Å². The standard InChI is InChI=1S/C12H18FNO/c1-9-8-11(10(2)14)4-5-12(9)15-7-3-6-13/h4-5,8,10H,3,6-7,14H2,1-2H3/t10-/m1/s1. The topological polar surface area (TPSA) is 35.2 Å². The molecular weight excluding hydrogens is 193 g/mol. The lowest BCUT2D eigenvalue weighted by Gasteiger charge is -2.11. The van der Waals surface area contributed by atoms with Crippen LogP contribution in [0.2, 0.25) is 0 Å². The molecule has 0 aromatic heterocycles. The summed E-state index contributed by atoms with van der Waals surface area (Å²) in [6.07, 6.45) is 0.439. The highest BCUT2D eigenvalue weighted by Gasteiger charge is 2.03. The molecule has 0 aliphatic rings. The van der Waals surface area contributed by atoms with Gasteiger partial charge < -0.3 is 10.5 Å². The molecular formula is C12H18FNO. The van der Waals surface area contributed by atoms with E-state index >= 15 is 0 Å². The molecule has 1 rings (SSSR count). The van der Waals surface area contributed by atoms with E-state index in [0.717, 1.165) is 16.9 Å². The Balaban J connectivity index is 2.66. The largest absolute Gasteiger partial charge is 0.493 e. The van der Waals surface area contributed by atoms with E-state index in [9.17, 15) is 4.39 Å². The number of aryl methyl sites for hydroxylation is 1. The number of alkyl halides is 1. The predicted octanol–water partition coefficient (Wildman–Crippen LogP) is 2.75. The van der Waals surface area contributed by atoms with Crippen LogP contribution < -0.4 is 10.5 Å². The van der Waals surface area contributed by atoms with Crippen molar-refractivity contribution in [3.63, 3.8) is 0 Å². The number of rotatable bonds is 5. The molecule has 0 saturated carbocycles. The Hall–Kier alpha value is -1.09. The van der Waals surface area contributed by atoms with E-state index < -0.39 is 0 Å². The third kappa shape index (κ3) is 3.51. The van der Waals surface area contributed by atoms with Gasteiger partial charge in [-0.05, 0) is 31.0 Å². The van der Waals surface area contributed by atoms with Gasteiger partial charge in [-0.15, -0.1) is 0 Å². The Morgan fingerprint density at radius 3 is 2.73 bits per heavy atom. The second-order valence-electron chi connectivity index (χ2n) is 3.70. The molecule has 0 aliphatic heterocycles. The third-order valence-electron chi connectivity index (χ3n) is 2.26. The van der Waals surface area contributed by atoms with Crippen molar-refractivity contribution in [3.05, 3.63) is 29.3 Å². The summed E-state index contributed by atoms with van der Waals surface area (Å²) in [6, 6.07) is 5.88. The molecule has 2 N–H and O–H groups in total. The molecule has 0 radical (unpaired) electrons. The van der Waals surface area contributed by atoms with Crippen LogP contribution in [0.1, 0.15) is 30.5 Å². The number of hydrogen-bond acceptors (Lipinski definition) is 2. The van der Waals surface area contributed by atoms with Crippen LogP contribution >= 0.6 is 0 Å². The number of nitrogens with two attached hydrogens (primary N) is 1. The highest BCUT2D eigenvalue weighted by Crippen LogP contribution is 2.21. The number of halogens is 1. The van der Waals surface area contributed by atoms with Crippen molar-refractivity contribution in [3.8, 4) is 5.75 Å². The van der Waals surface area contributed by atoms with Crippen molar-refractivity contribution in [1.82, 2.24) is 0 Å². The lowest BCUT2D eigenvalue weighted by molar-refractivity contribution is 0.288. The quantitative estimate of drug-likeness (QED) is 0.760. The zero-order valence-electron chi connectivity index (χ0n) is 9.29. The summed E-state index contributed by atoms with van der Waals surface area (Å²) in [4.78, 5) is 0. The van der Waals surface area contributed by atoms with Gasteiger partial charge in [-0.3, -0.25) is 4.39 Å². The molecule has 0 saturated heterocycles. The SMILES string of the molecule is Cc1cc([C@@H](C)N)ccc1OCCCF. The van der Waals surface area contributed by atoms with E-state index in [-0.39, 0.29) is 12.7 Å². The fraction of sp³-hybridized carbons (Fsp3) is 0.500. The van der Waals surface area contributed by atoms with E-state index in [1.807, 2.05) is 32.0 Å². The zero-order valence-corrected chi connectivity index (χ0v) is 9.29. The minimum atomic E-state index is -0.336. The van der Waals surface area contributed by atoms with Crippen molar-refractivity contribution in [2.24, 2.45) is 5.73 Å². The normalized spacial score (nSPS) is 12.5. The lowest BCUT2D eigenvalue weighted by atomic mass is 10.1. The summed E-state index contributed by atoms with van der Waals surface area (Å²) in [6.45, 7) is 4.00. The van der Waals surface area contributed by atoms with Gasteiger partial charge in [0.05, 0.1) is 13.3 Å². The summed E-state index contributed by atoms with van der Waals surface area (Å²) in [5, 5.41) is 0. The molecule has 2 nitrogen and oxygen atoms in total. The van der Waals surface area contributed by atoms with Gasteiger partial charge >= 0.3 is 0 Å². The number of hydrogen-bond donors (Lipinski definition) is 1. The summed E-state index contributed by atoms with van der Waals surface area (Å²) in [7, 11) is 0. The van der Waals surface area contributed by atoms with Crippen LogP contribution in [-0.4, -0.2) is 13.3 Å². The minimum absolute atomic E-state index is 0.0311. The van der Waals surface area contributed by atoms with Crippen molar-refractivity contribution in [2.45, 2.75) is 26.3 Å². The van der Waals surface area contributed by atoms with Crippen LogP contribution in [0.5, 0.6) is 5.75 Å². The van der Waals surface area contributed by atoms with E-state index in [2.05, 4.69) is 0 Å². The molecule has 0 unspecified atom stereocenters. The molecule has 0 aliphatic carbocycles. The van der Waals surface area contributed by atoms with Gasteiger partial charge in [-0.25, -0.2) is 0 Å². The molecule has 84 valence electrons. The second-order valence-corrected chi connectivity index (χ2v) is 3.70. The van der Waals surface area contributed by atoms with Crippen molar-refractivity contribution in [1.29, 1.82) is 0 Å². The molecule has 1 aromatic carbocycles. The first-order valence-corrected chi connectivity index (χ1v) is 5.20. The van der Waals surface area contributed by atoms with Crippen molar-refractivity contribution < 1.29 is 9.13 Å². The third-order valence-corrected chi connectivity index (χ3v) is 2.26. The summed E-state index contributed by atoms with van der Waals surface area (Å²) in [5.41, 5.74) is 7.90. The average molecular weight is 211 g/mol. The monoisotopic (exact) mass is 211 g/mol. The van der Waals surface area contributed by atoms with Gasteiger partial charge in [0.25, 0.3) is 0 Å². The highest BCUT2D eigenvalue weighted by atomic mass is 19.1. The average Bonchev–Trinajstić information content (AvgIpc) is 2.20.